The average Bonchev–Trinajstić information content (AvgIpc) is 2.42. The third-order valence-corrected chi connectivity index (χ3v) is 3.10. The molecule has 1 rings (SSSR count). The van der Waals surface area contributed by atoms with E-state index in [1.54, 1.807) is 30.1 Å². The molecular weight excluding hydrogens is 266 g/mol. The number of anilines is 1. The lowest BCUT2D eigenvalue weighted by atomic mass is 10.1. The number of nitrogens with zero attached hydrogens (tertiary/aromatic N) is 1. The molecule has 1 aromatic rings. The van der Waals surface area contributed by atoms with E-state index >= 15 is 0 Å². The summed E-state index contributed by atoms with van der Waals surface area (Å²) in [6.07, 6.45) is 2.51. The molecular formula is C13H20ClN3O2. The average molecular weight is 286 g/mol. The largest absolute Gasteiger partial charge is 0.396 e. The zero-order chi connectivity index (χ0) is 14.3. The van der Waals surface area contributed by atoms with Gasteiger partial charge in [0.2, 0.25) is 0 Å². The molecule has 0 aliphatic carbocycles. The second kappa shape index (κ2) is 7.99. The lowest BCUT2D eigenvalue weighted by Gasteiger charge is -2.19. The minimum Gasteiger partial charge on any atom is -0.396 e. The van der Waals surface area contributed by atoms with Crippen molar-refractivity contribution >= 4 is 23.2 Å². The van der Waals surface area contributed by atoms with Crippen LogP contribution >= 0.6 is 11.6 Å². The van der Waals surface area contributed by atoms with Crippen molar-refractivity contribution in [2.75, 3.05) is 25.6 Å². The quantitative estimate of drug-likeness (QED) is 0.406. The molecule has 0 aromatic heterocycles. The highest BCUT2D eigenvalue weighted by atomic mass is 35.5. The molecule has 1 aromatic carbocycles. The maximum Gasteiger partial charge on any atom is 0.255 e. The highest BCUT2D eigenvalue weighted by Gasteiger charge is 2.15. The van der Waals surface area contributed by atoms with Gasteiger partial charge in [0.1, 0.15) is 0 Å². The van der Waals surface area contributed by atoms with Gasteiger partial charge in [-0.1, -0.05) is 11.6 Å². The van der Waals surface area contributed by atoms with Crippen LogP contribution in [-0.2, 0) is 0 Å². The van der Waals surface area contributed by atoms with Gasteiger partial charge in [-0.2, -0.15) is 0 Å². The molecule has 19 heavy (non-hydrogen) atoms. The first-order valence-corrected chi connectivity index (χ1v) is 6.60. The van der Waals surface area contributed by atoms with Crippen LogP contribution in [0.3, 0.4) is 0 Å². The van der Waals surface area contributed by atoms with Gasteiger partial charge < -0.3 is 15.4 Å². The molecule has 0 radical (unpaired) electrons. The Morgan fingerprint density at radius 2 is 2.16 bits per heavy atom. The molecule has 0 heterocycles. The molecule has 0 unspecified atom stereocenters. The molecule has 0 aliphatic heterocycles. The molecule has 0 saturated heterocycles. The molecule has 1 amide bonds. The van der Waals surface area contributed by atoms with Crippen molar-refractivity contribution in [3.8, 4) is 0 Å². The molecule has 106 valence electrons. The lowest BCUT2D eigenvalue weighted by molar-refractivity contribution is 0.0793. The topological polar surface area (TPSA) is 78.6 Å². The summed E-state index contributed by atoms with van der Waals surface area (Å²) in [4.78, 5) is 13.9. The van der Waals surface area contributed by atoms with Crippen molar-refractivity contribution in [3.05, 3.63) is 28.8 Å². The van der Waals surface area contributed by atoms with Crippen molar-refractivity contribution in [3.63, 3.8) is 0 Å². The number of aliphatic hydroxyl groups excluding tert-OH is 1. The van der Waals surface area contributed by atoms with Crippen LogP contribution in [-0.4, -0.2) is 36.1 Å². The summed E-state index contributed by atoms with van der Waals surface area (Å²) >= 11 is 5.90. The number of amides is 1. The van der Waals surface area contributed by atoms with Gasteiger partial charge in [-0.25, -0.2) is 0 Å². The van der Waals surface area contributed by atoms with Crippen molar-refractivity contribution in [2.24, 2.45) is 5.84 Å². The Balaban J connectivity index is 2.68. The number of carbonyl (C=O) groups is 1. The van der Waals surface area contributed by atoms with E-state index in [-0.39, 0.29) is 12.5 Å². The summed E-state index contributed by atoms with van der Waals surface area (Å²) in [7, 11) is 1.74. The predicted molar refractivity (Wildman–Crippen MR) is 77.2 cm³/mol. The zero-order valence-corrected chi connectivity index (χ0v) is 11.8. The summed E-state index contributed by atoms with van der Waals surface area (Å²) in [6.45, 7) is 0.822. The number of nitrogens with two attached hydrogens (primary N) is 1. The van der Waals surface area contributed by atoms with Crippen LogP contribution in [0.4, 0.5) is 5.69 Å². The van der Waals surface area contributed by atoms with E-state index in [4.69, 9.17) is 22.6 Å². The number of unbranched alkanes of at least 4 members (excludes halogenated alkanes) is 2. The van der Waals surface area contributed by atoms with Crippen molar-refractivity contribution in [1.29, 1.82) is 0 Å². The first-order chi connectivity index (χ1) is 9.10. The number of rotatable bonds is 7. The predicted octanol–water partition coefficient (Wildman–Crippen LogP) is 1.86. The summed E-state index contributed by atoms with van der Waals surface area (Å²) in [5.74, 6) is 5.26. The Kier molecular flexibility index (Phi) is 6.62. The molecule has 6 heteroatoms. The Bertz CT molecular complexity index is 426. The van der Waals surface area contributed by atoms with Crippen LogP contribution in [0.5, 0.6) is 0 Å². The second-order valence-corrected chi connectivity index (χ2v) is 4.78. The van der Waals surface area contributed by atoms with Crippen LogP contribution in [0.2, 0.25) is 5.02 Å². The molecule has 0 aliphatic rings. The van der Waals surface area contributed by atoms with Gasteiger partial charge in [0.15, 0.2) is 0 Å². The van der Waals surface area contributed by atoms with E-state index in [1.165, 1.54) is 0 Å². The standard InChI is InChI=1S/C13H20ClN3O2/c1-17(7-3-2-4-8-18)13(19)11-9-10(14)5-6-12(11)16-15/h5-6,9,16,18H,2-4,7-8,15H2,1H3. The number of nitrogen functional groups attached to an aromatic ring is 1. The number of halogens is 1. The van der Waals surface area contributed by atoms with Gasteiger partial charge in [0.05, 0.1) is 11.3 Å². The molecule has 5 nitrogen and oxygen atoms in total. The van der Waals surface area contributed by atoms with E-state index in [2.05, 4.69) is 5.43 Å². The summed E-state index contributed by atoms with van der Waals surface area (Å²) in [6, 6.07) is 4.95. The highest BCUT2D eigenvalue weighted by Crippen LogP contribution is 2.21. The highest BCUT2D eigenvalue weighted by molar-refractivity contribution is 6.31. The first-order valence-electron chi connectivity index (χ1n) is 6.22. The third-order valence-electron chi connectivity index (χ3n) is 2.87. The smallest absolute Gasteiger partial charge is 0.255 e. The number of carbonyl (C=O) groups excluding carboxylic acids is 1. The van der Waals surface area contributed by atoms with Gasteiger partial charge >= 0.3 is 0 Å². The van der Waals surface area contributed by atoms with Crippen LogP contribution in [0.1, 0.15) is 29.6 Å². The van der Waals surface area contributed by atoms with E-state index in [0.717, 1.165) is 19.3 Å². The van der Waals surface area contributed by atoms with Crippen molar-refractivity contribution < 1.29 is 9.90 Å². The maximum absolute atomic E-state index is 12.3. The molecule has 0 bridgehead atoms. The molecule has 0 spiro atoms. The van der Waals surface area contributed by atoms with Gasteiger partial charge in [-0.3, -0.25) is 10.6 Å². The Morgan fingerprint density at radius 1 is 1.42 bits per heavy atom. The number of hydrogen-bond donors (Lipinski definition) is 3. The summed E-state index contributed by atoms with van der Waals surface area (Å²) in [5.41, 5.74) is 3.51. The first kappa shape index (κ1) is 15.8. The van der Waals surface area contributed by atoms with E-state index in [9.17, 15) is 4.79 Å². The number of nitrogens with one attached hydrogen (secondary N) is 1. The Morgan fingerprint density at radius 3 is 2.79 bits per heavy atom. The monoisotopic (exact) mass is 285 g/mol. The minimum atomic E-state index is -0.126. The number of hydrogen-bond acceptors (Lipinski definition) is 4. The zero-order valence-electron chi connectivity index (χ0n) is 11.0. The van der Waals surface area contributed by atoms with Gasteiger partial charge in [0, 0.05) is 25.2 Å². The fourth-order valence-electron chi connectivity index (χ4n) is 1.76. The van der Waals surface area contributed by atoms with Gasteiger partial charge in [-0.05, 0) is 37.5 Å². The minimum absolute atomic E-state index is 0.126. The van der Waals surface area contributed by atoms with Crippen molar-refractivity contribution in [1.82, 2.24) is 4.90 Å². The van der Waals surface area contributed by atoms with E-state index in [0.29, 0.717) is 22.8 Å². The Labute approximate surface area is 118 Å². The molecule has 4 N–H and O–H groups in total. The number of aliphatic hydroxyl groups is 1. The van der Waals surface area contributed by atoms with E-state index < -0.39 is 0 Å². The third kappa shape index (κ3) is 4.70. The van der Waals surface area contributed by atoms with E-state index in [1.807, 2.05) is 0 Å². The van der Waals surface area contributed by atoms with Crippen LogP contribution in [0.25, 0.3) is 0 Å². The van der Waals surface area contributed by atoms with Crippen LogP contribution in [0, 0.1) is 0 Å². The fraction of sp³-hybridized carbons (Fsp3) is 0.462. The normalized spacial score (nSPS) is 10.3. The molecule has 0 saturated carbocycles. The molecule has 0 atom stereocenters. The van der Waals surface area contributed by atoms with Crippen molar-refractivity contribution in [2.45, 2.75) is 19.3 Å². The van der Waals surface area contributed by atoms with Gasteiger partial charge in [0.25, 0.3) is 5.91 Å². The summed E-state index contributed by atoms with van der Waals surface area (Å²) < 4.78 is 0. The summed E-state index contributed by atoms with van der Waals surface area (Å²) in [5, 5.41) is 9.20. The van der Waals surface area contributed by atoms with Crippen LogP contribution in [0.15, 0.2) is 18.2 Å². The van der Waals surface area contributed by atoms with Crippen LogP contribution < -0.4 is 11.3 Å². The molecule has 0 fully saturated rings. The second-order valence-electron chi connectivity index (χ2n) is 4.35. The SMILES string of the molecule is CN(CCCCCO)C(=O)c1cc(Cl)ccc1NN. The van der Waals surface area contributed by atoms with Gasteiger partial charge in [-0.15, -0.1) is 0 Å². The number of benzene rings is 1. The Hall–Kier alpha value is -1.30. The number of hydrazine groups is 1. The lowest BCUT2D eigenvalue weighted by Crippen LogP contribution is -2.29. The fourth-order valence-corrected chi connectivity index (χ4v) is 1.94. The maximum atomic E-state index is 12.3.